The van der Waals surface area contributed by atoms with Crippen LogP contribution in [-0.2, 0) is 9.59 Å². The smallest absolute Gasteiger partial charge is 0.232 e. The minimum atomic E-state index is -0.399. The molecular formula is C22H26N2O4. The Balaban J connectivity index is 1.85. The normalized spacial score (nSPS) is 16.2. The van der Waals surface area contributed by atoms with Gasteiger partial charge in [-0.05, 0) is 43.7 Å². The van der Waals surface area contributed by atoms with Crippen LogP contribution in [0.1, 0.15) is 18.9 Å². The quantitative estimate of drug-likeness (QED) is 0.768. The minimum absolute atomic E-state index is 0.0363. The molecule has 0 N–H and O–H groups in total. The molecule has 2 aromatic carbocycles. The van der Waals surface area contributed by atoms with Gasteiger partial charge in [-0.25, -0.2) is 0 Å². The topological polar surface area (TPSA) is 59.1 Å². The molecule has 1 aliphatic rings. The maximum absolute atomic E-state index is 13.2. The van der Waals surface area contributed by atoms with Crippen molar-refractivity contribution in [3.8, 4) is 11.5 Å². The first kappa shape index (κ1) is 19.7. The molecule has 1 heterocycles. The molecule has 6 heteroatoms. The van der Waals surface area contributed by atoms with Crippen LogP contribution < -0.4 is 19.3 Å². The molecule has 1 atom stereocenters. The summed E-state index contributed by atoms with van der Waals surface area (Å²) in [4.78, 5) is 29.3. The van der Waals surface area contributed by atoms with Gasteiger partial charge in [0.1, 0.15) is 11.5 Å². The molecular weight excluding hydrogens is 356 g/mol. The van der Waals surface area contributed by atoms with Crippen molar-refractivity contribution in [3.63, 3.8) is 0 Å². The fourth-order valence-electron chi connectivity index (χ4n) is 3.60. The molecule has 0 aromatic heterocycles. The third-order valence-electron chi connectivity index (χ3n) is 5.05. The van der Waals surface area contributed by atoms with E-state index in [1.54, 1.807) is 42.2 Å². The fraction of sp³-hybridized carbons (Fsp3) is 0.364. The highest BCUT2D eigenvalue weighted by Gasteiger charge is 2.38. The Morgan fingerprint density at radius 1 is 1.18 bits per heavy atom. The van der Waals surface area contributed by atoms with E-state index in [1.165, 1.54) is 0 Å². The summed E-state index contributed by atoms with van der Waals surface area (Å²) in [6.45, 7) is 4.82. The lowest BCUT2D eigenvalue weighted by atomic mass is 10.1. The van der Waals surface area contributed by atoms with Crippen LogP contribution in [0.5, 0.6) is 11.5 Å². The maximum Gasteiger partial charge on any atom is 0.232 e. The van der Waals surface area contributed by atoms with Gasteiger partial charge in [-0.1, -0.05) is 12.1 Å². The molecule has 0 radical (unpaired) electrons. The van der Waals surface area contributed by atoms with Crippen molar-refractivity contribution in [3.05, 3.63) is 48.0 Å². The second-order valence-electron chi connectivity index (χ2n) is 6.86. The predicted molar refractivity (Wildman–Crippen MR) is 109 cm³/mol. The number of carbonyl (C=O) groups excluding carboxylic acids is 2. The van der Waals surface area contributed by atoms with Crippen LogP contribution in [-0.4, -0.2) is 39.1 Å². The number of benzene rings is 2. The molecule has 1 fully saturated rings. The van der Waals surface area contributed by atoms with Gasteiger partial charge in [-0.15, -0.1) is 0 Å². The average molecular weight is 382 g/mol. The van der Waals surface area contributed by atoms with Crippen LogP contribution in [0, 0.1) is 12.8 Å². The highest BCUT2D eigenvalue weighted by atomic mass is 16.5. The molecule has 1 aliphatic heterocycles. The third-order valence-corrected chi connectivity index (χ3v) is 5.05. The first-order valence-electron chi connectivity index (χ1n) is 9.39. The predicted octanol–water partition coefficient (Wildman–Crippen LogP) is 3.42. The molecule has 0 bridgehead atoms. The Bertz CT molecular complexity index is 881. The fourth-order valence-corrected chi connectivity index (χ4v) is 3.60. The lowest BCUT2D eigenvalue weighted by Gasteiger charge is -2.25. The van der Waals surface area contributed by atoms with Crippen LogP contribution in [0.15, 0.2) is 42.5 Å². The van der Waals surface area contributed by atoms with Gasteiger partial charge in [0.25, 0.3) is 0 Å². The molecule has 0 aliphatic carbocycles. The molecule has 1 saturated heterocycles. The van der Waals surface area contributed by atoms with E-state index in [0.29, 0.717) is 30.3 Å². The van der Waals surface area contributed by atoms with Crippen LogP contribution in [0.25, 0.3) is 0 Å². The van der Waals surface area contributed by atoms with E-state index < -0.39 is 5.92 Å². The SMILES string of the molecule is CCN(C(=O)[C@H]1CC(=O)N(c2cc(OC)ccc2OC)C1)c1cccc(C)c1. The van der Waals surface area contributed by atoms with Gasteiger partial charge in [-0.2, -0.15) is 0 Å². The van der Waals surface area contributed by atoms with E-state index >= 15 is 0 Å². The van der Waals surface area contributed by atoms with Crippen molar-refractivity contribution in [2.24, 2.45) is 5.92 Å². The summed E-state index contributed by atoms with van der Waals surface area (Å²) in [6.07, 6.45) is 0.182. The van der Waals surface area contributed by atoms with Crippen molar-refractivity contribution in [1.82, 2.24) is 0 Å². The van der Waals surface area contributed by atoms with Crippen molar-refractivity contribution in [2.75, 3.05) is 37.1 Å². The number of hydrogen-bond acceptors (Lipinski definition) is 4. The third kappa shape index (κ3) is 3.81. The number of rotatable bonds is 6. The number of carbonyl (C=O) groups is 2. The van der Waals surface area contributed by atoms with Crippen LogP contribution in [0.4, 0.5) is 11.4 Å². The van der Waals surface area contributed by atoms with E-state index in [4.69, 9.17) is 9.47 Å². The summed E-state index contributed by atoms with van der Waals surface area (Å²) in [6, 6.07) is 13.2. The van der Waals surface area contributed by atoms with Crippen molar-refractivity contribution in [2.45, 2.75) is 20.3 Å². The van der Waals surface area contributed by atoms with Gasteiger partial charge in [-0.3, -0.25) is 9.59 Å². The molecule has 6 nitrogen and oxygen atoms in total. The van der Waals surface area contributed by atoms with E-state index in [9.17, 15) is 9.59 Å². The summed E-state index contributed by atoms with van der Waals surface area (Å²) >= 11 is 0. The summed E-state index contributed by atoms with van der Waals surface area (Å²) in [5, 5.41) is 0. The monoisotopic (exact) mass is 382 g/mol. The Hall–Kier alpha value is -3.02. The summed E-state index contributed by atoms with van der Waals surface area (Å²) < 4.78 is 10.7. The Morgan fingerprint density at radius 3 is 2.61 bits per heavy atom. The van der Waals surface area contributed by atoms with Gasteiger partial charge in [0.15, 0.2) is 0 Å². The summed E-state index contributed by atoms with van der Waals surface area (Å²) in [7, 11) is 3.13. The largest absolute Gasteiger partial charge is 0.497 e. The highest BCUT2D eigenvalue weighted by Crippen LogP contribution is 2.36. The standard InChI is InChI=1S/C22H26N2O4/c1-5-23(17-8-6-7-15(2)11-17)22(26)16-12-21(25)24(14-16)19-13-18(27-3)9-10-20(19)28-4/h6-11,13,16H,5,12,14H2,1-4H3/t16-/m0/s1. The summed E-state index contributed by atoms with van der Waals surface area (Å²) in [5.41, 5.74) is 2.58. The van der Waals surface area contributed by atoms with Gasteiger partial charge in [0.2, 0.25) is 11.8 Å². The van der Waals surface area contributed by atoms with E-state index in [1.807, 2.05) is 38.1 Å². The summed E-state index contributed by atoms with van der Waals surface area (Å²) in [5.74, 6) is 0.682. The average Bonchev–Trinajstić information content (AvgIpc) is 3.09. The Labute approximate surface area is 165 Å². The lowest BCUT2D eigenvalue weighted by Crippen LogP contribution is -2.37. The zero-order chi connectivity index (χ0) is 20.3. The molecule has 2 aromatic rings. The molecule has 3 rings (SSSR count). The van der Waals surface area contributed by atoms with Gasteiger partial charge in [0.05, 0.1) is 25.8 Å². The molecule has 28 heavy (non-hydrogen) atoms. The Morgan fingerprint density at radius 2 is 1.96 bits per heavy atom. The molecule has 148 valence electrons. The minimum Gasteiger partial charge on any atom is -0.497 e. The number of aryl methyl sites for hydroxylation is 1. The number of nitrogens with zero attached hydrogens (tertiary/aromatic N) is 2. The number of ether oxygens (including phenoxy) is 2. The lowest BCUT2D eigenvalue weighted by molar-refractivity contribution is -0.124. The van der Waals surface area contributed by atoms with Crippen LogP contribution >= 0.6 is 0 Å². The number of amides is 2. The first-order chi connectivity index (χ1) is 13.5. The Kier molecular flexibility index (Phi) is 5.87. The number of anilines is 2. The van der Waals surface area contributed by atoms with Gasteiger partial charge < -0.3 is 19.3 Å². The molecule has 2 amide bonds. The van der Waals surface area contributed by atoms with Crippen molar-refractivity contribution in [1.29, 1.82) is 0 Å². The van der Waals surface area contributed by atoms with Crippen molar-refractivity contribution < 1.29 is 19.1 Å². The number of methoxy groups -OCH3 is 2. The maximum atomic E-state index is 13.2. The van der Waals surface area contributed by atoms with Gasteiger partial charge >= 0.3 is 0 Å². The second kappa shape index (κ2) is 8.33. The van der Waals surface area contributed by atoms with Crippen LogP contribution in [0.3, 0.4) is 0 Å². The zero-order valence-electron chi connectivity index (χ0n) is 16.8. The highest BCUT2D eigenvalue weighted by molar-refractivity contribution is 6.05. The molecule has 0 unspecified atom stereocenters. The molecule has 0 spiro atoms. The second-order valence-corrected chi connectivity index (χ2v) is 6.86. The van der Waals surface area contributed by atoms with E-state index in [2.05, 4.69) is 0 Å². The first-order valence-corrected chi connectivity index (χ1v) is 9.39. The number of hydrogen-bond donors (Lipinski definition) is 0. The molecule has 0 saturated carbocycles. The van der Waals surface area contributed by atoms with E-state index in [-0.39, 0.29) is 18.2 Å². The van der Waals surface area contributed by atoms with Crippen molar-refractivity contribution >= 4 is 23.2 Å². The van der Waals surface area contributed by atoms with E-state index in [0.717, 1.165) is 11.3 Å². The van der Waals surface area contributed by atoms with Crippen LogP contribution in [0.2, 0.25) is 0 Å². The van der Waals surface area contributed by atoms with Gasteiger partial charge in [0, 0.05) is 31.3 Å². The zero-order valence-corrected chi connectivity index (χ0v) is 16.8.